The molecular formula is C20H24F2. The highest BCUT2D eigenvalue weighted by atomic mass is 19.2. The molecule has 118 valence electrons. The summed E-state index contributed by atoms with van der Waals surface area (Å²) in [7, 11) is 0. The molecule has 0 heterocycles. The van der Waals surface area contributed by atoms with E-state index in [0.29, 0.717) is 23.5 Å². The molecule has 22 heavy (non-hydrogen) atoms. The molecule has 0 saturated heterocycles. The summed E-state index contributed by atoms with van der Waals surface area (Å²) in [6.07, 6.45) is 14.2. The van der Waals surface area contributed by atoms with E-state index in [2.05, 4.69) is 18.2 Å². The van der Waals surface area contributed by atoms with Gasteiger partial charge >= 0.3 is 0 Å². The number of hydrogen-bond acceptors (Lipinski definition) is 0. The number of allylic oxidation sites excluding steroid dienone is 6. The number of halogens is 2. The predicted octanol–water partition coefficient (Wildman–Crippen LogP) is 6.23. The van der Waals surface area contributed by atoms with Gasteiger partial charge in [-0.3, -0.25) is 0 Å². The summed E-state index contributed by atoms with van der Waals surface area (Å²) in [5, 5.41) is 0. The second-order valence-corrected chi connectivity index (χ2v) is 5.80. The van der Waals surface area contributed by atoms with E-state index in [0.717, 1.165) is 31.3 Å². The maximum atomic E-state index is 14.4. The minimum atomic E-state index is -0.686. The summed E-state index contributed by atoms with van der Waals surface area (Å²) < 4.78 is 28.6. The first kappa shape index (κ1) is 16.7. The second-order valence-electron chi connectivity index (χ2n) is 5.80. The molecular weight excluding hydrogens is 278 g/mol. The third-order valence-electron chi connectivity index (χ3n) is 4.24. The summed E-state index contributed by atoms with van der Waals surface area (Å²) in [4.78, 5) is 0. The normalized spacial score (nSPS) is 19.1. The van der Waals surface area contributed by atoms with Gasteiger partial charge in [0.25, 0.3) is 0 Å². The molecule has 0 radical (unpaired) electrons. The Hall–Kier alpha value is -1.70. The highest BCUT2D eigenvalue weighted by molar-refractivity contribution is 5.67. The van der Waals surface area contributed by atoms with Gasteiger partial charge in [-0.2, -0.15) is 0 Å². The quantitative estimate of drug-likeness (QED) is 0.565. The van der Waals surface area contributed by atoms with Crippen molar-refractivity contribution in [2.75, 3.05) is 0 Å². The van der Waals surface area contributed by atoms with Crippen LogP contribution in [0.4, 0.5) is 8.78 Å². The standard InChI is InChI=1S/C20H24F2/c1-3-5-6-8-17-13-14-18(20(22)19(17)21)16-11-9-15(7-4-2)10-12-16/h3-5,7,11,13-15H,6,8-10,12H2,1-2H3/b5-3+,7-4+. The van der Waals surface area contributed by atoms with E-state index < -0.39 is 11.6 Å². The Kier molecular flexibility index (Phi) is 6.11. The molecule has 2 rings (SSSR count). The van der Waals surface area contributed by atoms with Crippen LogP contribution in [0.2, 0.25) is 0 Å². The van der Waals surface area contributed by atoms with Gasteiger partial charge in [0.15, 0.2) is 11.6 Å². The average molecular weight is 302 g/mol. The Bertz CT molecular complexity index is 594. The van der Waals surface area contributed by atoms with Crippen LogP contribution in [0.3, 0.4) is 0 Å². The summed E-state index contributed by atoms with van der Waals surface area (Å²) in [6.45, 7) is 3.94. The highest BCUT2D eigenvalue weighted by Gasteiger charge is 2.19. The lowest BCUT2D eigenvalue weighted by Gasteiger charge is -2.20. The minimum Gasteiger partial charge on any atom is -0.203 e. The topological polar surface area (TPSA) is 0 Å². The van der Waals surface area contributed by atoms with E-state index in [9.17, 15) is 8.78 Å². The van der Waals surface area contributed by atoms with Crippen LogP contribution in [0.25, 0.3) is 5.57 Å². The second kappa shape index (κ2) is 8.07. The molecule has 0 fully saturated rings. The van der Waals surface area contributed by atoms with Crippen LogP contribution in [0.15, 0.2) is 42.5 Å². The molecule has 2 heteroatoms. The maximum absolute atomic E-state index is 14.4. The fourth-order valence-corrected chi connectivity index (χ4v) is 2.98. The van der Waals surface area contributed by atoms with Gasteiger partial charge in [0.05, 0.1) is 0 Å². The van der Waals surface area contributed by atoms with Crippen LogP contribution < -0.4 is 0 Å². The van der Waals surface area contributed by atoms with E-state index in [1.165, 1.54) is 0 Å². The van der Waals surface area contributed by atoms with Crippen LogP contribution in [0.5, 0.6) is 0 Å². The Morgan fingerprint density at radius 1 is 1.14 bits per heavy atom. The van der Waals surface area contributed by atoms with Crippen molar-refractivity contribution in [1.29, 1.82) is 0 Å². The first-order chi connectivity index (χ1) is 10.7. The highest BCUT2D eigenvalue weighted by Crippen LogP contribution is 2.33. The monoisotopic (exact) mass is 302 g/mol. The fourth-order valence-electron chi connectivity index (χ4n) is 2.98. The van der Waals surface area contributed by atoms with Crippen LogP contribution in [0.1, 0.15) is 50.7 Å². The van der Waals surface area contributed by atoms with E-state index in [1.54, 1.807) is 12.1 Å². The van der Waals surface area contributed by atoms with Gasteiger partial charge in [0.2, 0.25) is 0 Å². The molecule has 0 nitrogen and oxygen atoms in total. The number of rotatable bonds is 5. The van der Waals surface area contributed by atoms with Crippen molar-refractivity contribution < 1.29 is 8.78 Å². The lowest BCUT2D eigenvalue weighted by Crippen LogP contribution is -2.05. The zero-order valence-corrected chi connectivity index (χ0v) is 13.4. The lowest BCUT2D eigenvalue weighted by atomic mass is 9.86. The van der Waals surface area contributed by atoms with Gasteiger partial charge < -0.3 is 0 Å². The first-order valence-electron chi connectivity index (χ1n) is 8.07. The van der Waals surface area contributed by atoms with Gasteiger partial charge in [0.1, 0.15) is 0 Å². The van der Waals surface area contributed by atoms with Gasteiger partial charge in [-0.05, 0) is 63.0 Å². The molecule has 0 aliphatic heterocycles. The summed E-state index contributed by atoms with van der Waals surface area (Å²) in [6, 6.07) is 3.47. The lowest BCUT2D eigenvalue weighted by molar-refractivity contribution is 0.494. The van der Waals surface area contributed by atoms with Gasteiger partial charge in [0, 0.05) is 5.56 Å². The van der Waals surface area contributed by atoms with Crippen molar-refractivity contribution >= 4 is 5.57 Å². The van der Waals surface area contributed by atoms with E-state index >= 15 is 0 Å². The van der Waals surface area contributed by atoms with E-state index in [4.69, 9.17) is 0 Å². The number of aryl methyl sites for hydroxylation is 1. The van der Waals surface area contributed by atoms with Gasteiger partial charge in [-0.1, -0.05) is 42.5 Å². The third-order valence-corrected chi connectivity index (χ3v) is 4.24. The Morgan fingerprint density at radius 2 is 1.95 bits per heavy atom. The van der Waals surface area contributed by atoms with Crippen LogP contribution in [-0.2, 0) is 6.42 Å². The molecule has 1 aromatic carbocycles. The smallest absolute Gasteiger partial charge is 0.166 e. The van der Waals surface area contributed by atoms with E-state index in [-0.39, 0.29) is 0 Å². The number of benzene rings is 1. The predicted molar refractivity (Wildman–Crippen MR) is 89.6 cm³/mol. The molecule has 1 aromatic rings. The molecule has 1 aliphatic rings. The Morgan fingerprint density at radius 3 is 2.59 bits per heavy atom. The van der Waals surface area contributed by atoms with Crippen molar-refractivity contribution in [3.05, 3.63) is 65.3 Å². The molecule has 1 unspecified atom stereocenters. The van der Waals surface area contributed by atoms with E-state index in [1.807, 2.05) is 26.0 Å². The van der Waals surface area contributed by atoms with Crippen LogP contribution in [0, 0.1) is 17.6 Å². The molecule has 0 aromatic heterocycles. The minimum absolute atomic E-state index is 0.436. The molecule has 0 saturated carbocycles. The van der Waals surface area contributed by atoms with Crippen LogP contribution in [-0.4, -0.2) is 0 Å². The van der Waals surface area contributed by atoms with Gasteiger partial charge in [-0.25, -0.2) is 8.78 Å². The molecule has 0 spiro atoms. The largest absolute Gasteiger partial charge is 0.203 e. The summed E-state index contributed by atoms with van der Waals surface area (Å²) in [5.74, 6) is -0.839. The Labute approximate surface area is 132 Å². The molecule has 1 atom stereocenters. The maximum Gasteiger partial charge on any atom is 0.166 e. The summed E-state index contributed by atoms with van der Waals surface area (Å²) >= 11 is 0. The van der Waals surface area contributed by atoms with Crippen molar-refractivity contribution in [2.45, 2.75) is 46.0 Å². The van der Waals surface area contributed by atoms with Crippen molar-refractivity contribution in [2.24, 2.45) is 5.92 Å². The van der Waals surface area contributed by atoms with Crippen molar-refractivity contribution in [3.8, 4) is 0 Å². The third kappa shape index (κ3) is 3.94. The molecule has 0 N–H and O–H groups in total. The number of hydrogen-bond donors (Lipinski definition) is 0. The average Bonchev–Trinajstić information content (AvgIpc) is 2.53. The molecule has 0 bridgehead atoms. The Balaban J connectivity index is 2.17. The summed E-state index contributed by atoms with van der Waals surface area (Å²) in [5.41, 5.74) is 1.84. The molecule has 1 aliphatic carbocycles. The zero-order valence-electron chi connectivity index (χ0n) is 13.4. The van der Waals surface area contributed by atoms with Crippen LogP contribution >= 0.6 is 0 Å². The molecule has 0 amide bonds. The first-order valence-corrected chi connectivity index (χ1v) is 8.07. The van der Waals surface area contributed by atoms with Crippen molar-refractivity contribution in [1.82, 2.24) is 0 Å². The SMILES string of the molecule is C/C=C/CCc1ccc(C2=CCC(/C=C/C)CC2)c(F)c1F. The van der Waals surface area contributed by atoms with Crippen molar-refractivity contribution in [3.63, 3.8) is 0 Å². The zero-order chi connectivity index (χ0) is 15.9. The van der Waals surface area contributed by atoms with Gasteiger partial charge in [-0.15, -0.1) is 0 Å². The fraction of sp³-hybridized carbons (Fsp3) is 0.400.